The summed E-state index contributed by atoms with van der Waals surface area (Å²) in [5.41, 5.74) is 1.30. The Bertz CT molecular complexity index is 1090. The lowest BCUT2D eigenvalue weighted by Crippen LogP contribution is -2.49. The Morgan fingerprint density at radius 3 is 2.55 bits per heavy atom. The first-order chi connectivity index (χ1) is 15.1. The van der Waals surface area contributed by atoms with Gasteiger partial charge in [-0.3, -0.25) is 9.69 Å². The quantitative estimate of drug-likeness (QED) is 0.452. The van der Waals surface area contributed by atoms with E-state index in [9.17, 15) is 9.59 Å². The van der Waals surface area contributed by atoms with Gasteiger partial charge in [0.05, 0.1) is 0 Å². The van der Waals surface area contributed by atoms with E-state index in [-0.39, 0.29) is 12.5 Å². The summed E-state index contributed by atoms with van der Waals surface area (Å²) in [4.78, 5) is 28.4. The zero-order chi connectivity index (χ0) is 21.6. The van der Waals surface area contributed by atoms with Crippen molar-refractivity contribution in [3.05, 3.63) is 77.8 Å². The average molecular weight is 418 g/mol. The number of aryl methyl sites for hydroxylation is 1. The van der Waals surface area contributed by atoms with Crippen molar-refractivity contribution in [1.82, 2.24) is 9.80 Å². The van der Waals surface area contributed by atoms with E-state index < -0.39 is 5.97 Å². The van der Waals surface area contributed by atoms with E-state index in [0.29, 0.717) is 18.8 Å². The lowest BCUT2D eigenvalue weighted by molar-refractivity contribution is -0.149. The van der Waals surface area contributed by atoms with E-state index in [2.05, 4.69) is 47.4 Å². The van der Waals surface area contributed by atoms with E-state index in [1.807, 2.05) is 13.0 Å². The van der Waals surface area contributed by atoms with E-state index in [0.717, 1.165) is 25.4 Å². The summed E-state index contributed by atoms with van der Waals surface area (Å²) in [7, 11) is 0. The maximum atomic E-state index is 12.4. The Morgan fingerprint density at radius 1 is 1.00 bits per heavy atom. The molecule has 6 nitrogen and oxygen atoms in total. The van der Waals surface area contributed by atoms with Crippen LogP contribution in [0.4, 0.5) is 0 Å². The molecule has 0 aliphatic carbocycles. The molecule has 2 heterocycles. The van der Waals surface area contributed by atoms with Crippen LogP contribution in [0.3, 0.4) is 0 Å². The lowest BCUT2D eigenvalue weighted by atomic mass is 10.0. The van der Waals surface area contributed by atoms with Crippen LogP contribution in [0.25, 0.3) is 16.8 Å². The summed E-state index contributed by atoms with van der Waals surface area (Å²) in [5.74, 6) is 0.614. The molecule has 0 spiro atoms. The molecule has 1 amide bonds. The minimum Gasteiger partial charge on any atom is -0.462 e. The average Bonchev–Trinajstić information content (AvgIpc) is 3.22. The monoisotopic (exact) mass is 418 g/mol. The summed E-state index contributed by atoms with van der Waals surface area (Å²) < 4.78 is 10.4. The number of carbonyl (C=O) groups excluding carboxylic acids is 2. The molecule has 3 aromatic rings. The van der Waals surface area contributed by atoms with Gasteiger partial charge < -0.3 is 14.1 Å². The van der Waals surface area contributed by atoms with Crippen LogP contribution in [0.1, 0.15) is 17.1 Å². The number of benzene rings is 2. The third-order valence-electron chi connectivity index (χ3n) is 5.48. The Kier molecular flexibility index (Phi) is 6.48. The van der Waals surface area contributed by atoms with Gasteiger partial charge in [-0.05, 0) is 41.5 Å². The number of hydrogen-bond acceptors (Lipinski definition) is 5. The second-order valence-electron chi connectivity index (χ2n) is 7.68. The van der Waals surface area contributed by atoms with Gasteiger partial charge in [-0.2, -0.15) is 0 Å². The summed E-state index contributed by atoms with van der Waals surface area (Å²) in [6, 6.07) is 18.4. The van der Waals surface area contributed by atoms with Crippen molar-refractivity contribution in [3.63, 3.8) is 0 Å². The largest absolute Gasteiger partial charge is 0.462 e. The fourth-order valence-corrected chi connectivity index (χ4v) is 3.79. The SMILES string of the molecule is Cc1ccc(/C=C/C(=O)OCC(=O)N2CCN(Cc3cccc4ccccc34)CC2)o1. The molecule has 0 atom stereocenters. The van der Waals surface area contributed by atoms with Crippen LogP contribution in [0.2, 0.25) is 0 Å². The number of fused-ring (bicyclic) bond motifs is 1. The first-order valence-corrected chi connectivity index (χ1v) is 10.5. The van der Waals surface area contributed by atoms with Crippen LogP contribution in [0.5, 0.6) is 0 Å². The zero-order valence-corrected chi connectivity index (χ0v) is 17.6. The van der Waals surface area contributed by atoms with Crippen LogP contribution < -0.4 is 0 Å². The number of amides is 1. The molecule has 1 saturated heterocycles. The van der Waals surface area contributed by atoms with Crippen LogP contribution in [0, 0.1) is 6.92 Å². The van der Waals surface area contributed by atoms with Crippen LogP contribution in [-0.4, -0.2) is 54.5 Å². The van der Waals surface area contributed by atoms with Gasteiger partial charge in [-0.15, -0.1) is 0 Å². The molecule has 31 heavy (non-hydrogen) atoms. The highest BCUT2D eigenvalue weighted by molar-refractivity contribution is 5.89. The van der Waals surface area contributed by atoms with Crippen molar-refractivity contribution in [2.45, 2.75) is 13.5 Å². The third-order valence-corrected chi connectivity index (χ3v) is 5.48. The molecule has 0 unspecified atom stereocenters. The Morgan fingerprint density at radius 2 is 1.77 bits per heavy atom. The summed E-state index contributed by atoms with van der Waals surface area (Å²) in [5, 5.41) is 2.51. The molecule has 6 heteroatoms. The molecule has 1 fully saturated rings. The predicted molar refractivity (Wildman–Crippen MR) is 119 cm³/mol. The predicted octanol–water partition coefficient (Wildman–Crippen LogP) is 3.64. The molecule has 2 aromatic carbocycles. The van der Waals surface area contributed by atoms with Crippen molar-refractivity contribution in [2.24, 2.45) is 0 Å². The smallest absolute Gasteiger partial charge is 0.331 e. The summed E-state index contributed by atoms with van der Waals surface area (Å²) in [6.07, 6.45) is 2.81. The molecule has 1 aliphatic heterocycles. The normalized spacial score (nSPS) is 14.9. The highest BCUT2D eigenvalue weighted by Gasteiger charge is 2.22. The van der Waals surface area contributed by atoms with Crippen molar-refractivity contribution >= 4 is 28.7 Å². The van der Waals surface area contributed by atoms with Gasteiger partial charge in [0.2, 0.25) is 0 Å². The fraction of sp³-hybridized carbons (Fsp3) is 0.280. The molecule has 160 valence electrons. The van der Waals surface area contributed by atoms with Crippen molar-refractivity contribution in [2.75, 3.05) is 32.8 Å². The van der Waals surface area contributed by atoms with Gasteiger partial charge >= 0.3 is 5.97 Å². The third kappa shape index (κ3) is 5.41. The number of ether oxygens (including phenoxy) is 1. The molecule has 0 radical (unpaired) electrons. The number of furan rings is 1. The van der Waals surface area contributed by atoms with Crippen LogP contribution in [0.15, 0.2) is 65.1 Å². The Labute approximate surface area is 181 Å². The van der Waals surface area contributed by atoms with Gasteiger partial charge in [-0.1, -0.05) is 42.5 Å². The number of rotatable bonds is 6. The molecule has 1 aliphatic rings. The second kappa shape index (κ2) is 9.62. The molecule has 0 bridgehead atoms. The first-order valence-electron chi connectivity index (χ1n) is 10.5. The minimum absolute atomic E-state index is 0.166. The highest BCUT2D eigenvalue weighted by Crippen LogP contribution is 2.20. The fourth-order valence-electron chi connectivity index (χ4n) is 3.79. The Hall–Kier alpha value is -3.38. The number of carbonyl (C=O) groups is 2. The summed E-state index contributed by atoms with van der Waals surface area (Å²) in [6.45, 7) is 5.28. The molecule has 1 aromatic heterocycles. The number of piperazine rings is 1. The minimum atomic E-state index is -0.558. The van der Waals surface area contributed by atoms with Crippen molar-refractivity contribution in [1.29, 1.82) is 0 Å². The molecule has 4 rings (SSSR count). The Balaban J connectivity index is 1.23. The van der Waals surface area contributed by atoms with Crippen molar-refractivity contribution < 1.29 is 18.7 Å². The van der Waals surface area contributed by atoms with E-state index in [4.69, 9.17) is 9.15 Å². The molecule has 0 saturated carbocycles. The van der Waals surface area contributed by atoms with E-state index >= 15 is 0 Å². The second-order valence-corrected chi connectivity index (χ2v) is 7.68. The van der Waals surface area contributed by atoms with Gasteiger partial charge in [0.1, 0.15) is 11.5 Å². The van der Waals surface area contributed by atoms with E-state index in [1.54, 1.807) is 11.0 Å². The number of hydrogen-bond donors (Lipinski definition) is 0. The zero-order valence-electron chi connectivity index (χ0n) is 17.6. The van der Waals surface area contributed by atoms with Crippen molar-refractivity contribution in [3.8, 4) is 0 Å². The maximum absolute atomic E-state index is 12.4. The molecule has 0 N–H and O–H groups in total. The van der Waals surface area contributed by atoms with Gasteiger partial charge in [0.15, 0.2) is 6.61 Å². The molecular weight excluding hydrogens is 392 g/mol. The van der Waals surface area contributed by atoms with E-state index in [1.165, 1.54) is 28.5 Å². The van der Waals surface area contributed by atoms with Gasteiger partial charge in [0.25, 0.3) is 5.91 Å². The van der Waals surface area contributed by atoms with Crippen LogP contribution in [-0.2, 0) is 20.9 Å². The summed E-state index contributed by atoms with van der Waals surface area (Å²) >= 11 is 0. The highest BCUT2D eigenvalue weighted by atomic mass is 16.5. The van der Waals surface area contributed by atoms with Gasteiger partial charge in [-0.25, -0.2) is 4.79 Å². The number of nitrogens with zero attached hydrogens (tertiary/aromatic N) is 2. The lowest BCUT2D eigenvalue weighted by Gasteiger charge is -2.34. The van der Waals surface area contributed by atoms with Gasteiger partial charge in [0, 0.05) is 38.8 Å². The standard InChI is InChI=1S/C25H26N2O4/c1-19-9-10-22(31-19)11-12-25(29)30-18-24(28)27-15-13-26(14-16-27)17-21-7-4-6-20-5-2-3-8-23(20)21/h2-12H,13-18H2,1H3/b12-11+. The first kappa shape index (κ1) is 20.9. The van der Waals surface area contributed by atoms with Crippen LogP contribution >= 0.6 is 0 Å². The topological polar surface area (TPSA) is 63.0 Å². The molecular formula is C25H26N2O4. The number of esters is 1. The maximum Gasteiger partial charge on any atom is 0.331 e.